The molecule has 1 unspecified atom stereocenters. The normalized spacial score (nSPS) is 12.6. The van der Waals surface area contributed by atoms with Gasteiger partial charge in [0.2, 0.25) is 0 Å². The van der Waals surface area contributed by atoms with Crippen LogP contribution in [-0.4, -0.2) is 21.4 Å². The molecule has 0 aliphatic rings. The third-order valence-corrected chi connectivity index (χ3v) is 2.61. The lowest BCUT2D eigenvalue weighted by molar-refractivity contribution is 0.174. The Hall–Kier alpha value is -1.65. The number of aliphatic hydroxyl groups excluding tert-OH is 1. The highest BCUT2D eigenvalue weighted by Crippen LogP contribution is 2.10. The van der Waals surface area contributed by atoms with Gasteiger partial charge in [0.15, 0.2) is 0 Å². The van der Waals surface area contributed by atoms with Crippen molar-refractivity contribution in [3.05, 3.63) is 53.9 Å². The molecule has 4 nitrogen and oxygen atoms in total. The monoisotopic (exact) mass is 231 g/mol. The number of aryl methyl sites for hydroxylation is 1. The molecule has 2 rings (SSSR count). The summed E-state index contributed by atoms with van der Waals surface area (Å²) in [6, 6.07) is 9.66. The summed E-state index contributed by atoms with van der Waals surface area (Å²) in [4.78, 5) is 0. The van der Waals surface area contributed by atoms with E-state index in [4.69, 9.17) is 0 Å². The van der Waals surface area contributed by atoms with E-state index in [1.54, 1.807) is 4.68 Å². The summed E-state index contributed by atoms with van der Waals surface area (Å²) in [5.41, 5.74) is 2.05. The second-order valence-electron chi connectivity index (χ2n) is 4.08. The van der Waals surface area contributed by atoms with Crippen LogP contribution < -0.4 is 5.32 Å². The largest absolute Gasteiger partial charge is 0.387 e. The zero-order chi connectivity index (χ0) is 12.1. The Morgan fingerprint density at radius 3 is 2.76 bits per heavy atom. The summed E-state index contributed by atoms with van der Waals surface area (Å²) < 4.78 is 1.77. The minimum absolute atomic E-state index is 0.465. The van der Waals surface area contributed by atoms with Gasteiger partial charge in [-0.1, -0.05) is 30.3 Å². The van der Waals surface area contributed by atoms with Gasteiger partial charge < -0.3 is 10.4 Å². The summed E-state index contributed by atoms with van der Waals surface area (Å²) in [6.07, 6.45) is 3.32. The molecular formula is C13H17N3O. The second-order valence-corrected chi connectivity index (χ2v) is 4.08. The molecule has 90 valence electrons. The van der Waals surface area contributed by atoms with Gasteiger partial charge in [-0.15, -0.1) is 0 Å². The first-order chi connectivity index (χ1) is 8.25. The van der Waals surface area contributed by atoms with Gasteiger partial charge in [0, 0.05) is 31.9 Å². The highest BCUT2D eigenvalue weighted by Gasteiger charge is 2.05. The molecular weight excluding hydrogens is 214 g/mol. The summed E-state index contributed by atoms with van der Waals surface area (Å²) >= 11 is 0. The fraction of sp³-hybridized carbons (Fsp3) is 0.308. The zero-order valence-electron chi connectivity index (χ0n) is 9.87. The average Bonchev–Trinajstić information content (AvgIpc) is 2.76. The van der Waals surface area contributed by atoms with Crippen LogP contribution in [0.2, 0.25) is 0 Å². The van der Waals surface area contributed by atoms with Gasteiger partial charge in [0.1, 0.15) is 0 Å². The van der Waals surface area contributed by atoms with Crippen molar-refractivity contribution in [1.82, 2.24) is 15.1 Å². The molecule has 1 aromatic heterocycles. The first kappa shape index (κ1) is 11.8. The standard InChI is InChI=1S/C13H17N3O/c1-16-10-11(8-15-16)7-14-9-13(17)12-5-3-2-4-6-12/h2-6,8,10,13-14,17H,7,9H2,1H3. The number of nitrogens with zero attached hydrogens (tertiary/aromatic N) is 2. The maximum atomic E-state index is 9.92. The van der Waals surface area contributed by atoms with Crippen molar-refractivity contribution in [3.8, 4) is 0 Å². The van der Waals surface area contributed by atoms with Crippen LogP contribution in [0.5, 0.6) is 0 Å². The molecule has 2 N–H and O–H groups in total. The number of hydrogen-bond donors (Lipinski definition) is 2. The molecule has 0 saturated heterocycles. The molecule has 4 heteroatoms. The van der Waals surface area contributed by atoms with E-state index in [1.165, 1.54) is 0 Å². The molecule has 0 saturated carbocycles. The van der Waals surface area contributed by atoms with Crippen LogP contribution in [0, 0.1) is 0 Å². The molecule has 17 heavy (non-hydrogen) atoms. The van der Waals surface area contributed by atoms with E-state index in [2.05, 4.69) is 10.4 Å². The fourth-order valence-corrected chi connectivity index (χ4v) is 1.71. The lowest BCUT2D eigenvalue weighted by Gasteiger charge is -2.11. The number of benzene rings is 1. The van der Waals surface area contributed by atoms with E-state index in [1.807, 2.05) is 49.8 Å². The zero-order valence-corrected chi connectivity index (χ0v) is 9.87. The van der Waals surface area contributed by atoms with Gasteiger partial charge in [-0.2, -0.15) is 5.10 Å². The lowest BCUT2D eigenvalue weighted by atomic mass is 10.1. The predicted molar refractivity (Wildman–Crippen MR) is 66.3 cm³/mol. The van der Waals surface area contributed by atoms with Gasteiger partial charge >= 0.3 is 0 Å². The van der Waals surface area contributed by atoms with E-state index in [0.717, 1.165) is 17.7 Å². The Kier molecular flexibility index (Phi) is 3.90. The van der Waals surface area contributed by atoms with Gasteiger partial charge in [-0.25, -0.2) is 0 Å². The smallest absolute Gasteiger partial charge is 0.0914 e. The van der Waals surface area contributed by atoms with Crippen LogP contribution in [0.15, 0.2) is 42.7 Å². The minimum atomic E-state index is -0.465. The maximum Gasteiger partial charge on any atom is 0.0914 e. The number of rotatable bonds is 5. The first-order valence-corrected chi connectivity index (χ1v) is 5.67. The Labute approximate surface area is 101 Å². The van der Waals surface area contributed by atoms with E-state index in [-0.39, 0.29) is 0 Å². The Morgan fingerprint density at radius 2 is 2.12 bits per heavy atom. The fourth-order valence-electron chi connectivity index (χ4n) is 1.71. The SMILES string of the molecule is Cn1cc(CNCC(O)c2ccccc2)cn1. The van der Waals surface area contributed by atoms with Crippen molar-refractivity contribution in [3.63, 3.8) is 0 Å². The number of aromatic nitrogens is 2. The van der Waals surface area contributed by atoms with Gasteiger partial charge in [0.25, 0.3) is 0 Å². The lowest BCUT2D eigenvalue weighted by Crippen LogP contribution is -2.20. The summed E-state index contributed by atoms with van der Waals surface area (Å²) in [5.74, 6) is 0. The van der Waals surface area contributed by atoms with Crippen molar-refractivity contribution in [2.45, 2.75) is 12.6 Å². The van der Waals surface area contributed by atoms with E-state index < -0.39 is 6.10 Å². The van der Waals surface area contributed by atoms with Crippen molar-refractivity contribution >= 4 is 0 Å². The molecule has 1 heterocycles. The number of aliphatic hydroxyl groups is 1. The highest BCUT2D eigenvalue weighted by molar-refractivity contribution is 5.17. The van der Waals surface area contributed by atoms with Crippen molar-refractivity contribution < 1.29 is 5.11 Å². The molecule has 0 amide bonds. The van der Waals surface area contributed by atoms with Crippen LogP contribution in [-0.2, 0) is 13.6 Å². The third-order valence-electron chi connectivity index (χ3n) is 2.61. The highest BCUT2D eigenvalue weighted by atomic mass is 16.3. The molecule has 0 aliphatic heterocycles. The van der Waals surface area contributed by atoms with Crippen LogP contribution in [0.25, 0.3) is 0 Å². The first-order valence-electron chi connectivity index (χ1n) is 5.67. The number of hydrogen-bond acceptors (Lipinski definition) is 3. The second kappa shape index (κ2) is 5.61. The molecule has 1 aromatic carbocycles. The molecule has 0 bridgehead atoms. The van der Waals surface area contributed by atoms with Gasteiger partial charge in [-0.3, -0.25) is 4.68 Å². The molecule has 0 fully saturated rings. The Morgan fingerprint density at radius 1 is 1.35 bits per heavy atom. The topological polar surface area (TPSA) is 50.1 Å². The van der Waals surface area contributed by atoms with Crippen LogP contribution in [0.1, 0.15) is 17.2 Å². The van der Waals surface area contributed by atoms with Crippen molar-refractivity contribution in [1.29, 1.82) is 0 Å². The predicted octanol–water partition coefficient (Wildman–Crippen LogP) is 1.24. The Bertz CT molecular complexity index is 453. The van der Waals surface area contributed by atoms with Crippen molar-refractivity contribution in [2.24, 2.45) is 7.05 Å². The van der Waals surface area contributed by atoms with Gasteiger partial charge in [0.05, 0.1) is 12.3 Å². The molecule has 0 aliphatic carbocycles. The summed E-state index contributed by atoms with van der Waals surface area (Å²) in [6.45, 7) is 1.26. The van der Waals surface area contributed by atoms with Crippen molar-refractivity contribution in [2.75, 3.05) is 6.54 Å². The summed E-state index contributed by atoms with van der Waals surface area (Å²) in [5, 5.41) is 17.2. The van der Waals surface area contributed by atoms with E-state index >= 15 is 0 Å². The quantitative estimate of drug-likeness (QED) is 0.814. The van der Waals surface area contributed by atoms with Crippen LogP contribution >= 0.6 is 0 Å². The summed E-state index contributed by atoms with van der Waals surface area (Å²) in [7, 11) is 1.89. The van der Waals surface area contributed by atoms with Gasteiger partial charge in [-0.05, 0) is 5.56 Å². The van der Waals surface area contributed by atoms with E-state index in [0.29, 0.717) is 6.54 Å². The Balaban J connectivity index is 1.79. The molecule has 0 radical (unpaired) electrons. The molecule has 1 atom stereocenters. The number of nitrogens with one attached hydrogen (secondary N) is 1. The van der Waals surface area contributed by atoms with Crippen LogP contribution in [0.3, 0.4) is 0 Å². The maximum absolute atomic E-state index is 9.92. The van der Waals surface area contributed by atoms with Crippen LogP contribution in [0.4, 0.5) is 0 Å². The van der Waals surface area contributed by atoms with E-state index in [9.17, 15) is 5.11 Å². The third kappa shape index (κ3) is 3.41. The minimum Gasteiger partial charge on any atom is -0.387 e. The molecule has 0 spiro atoms. The average molecular weight is 231 g/mol. The molecule has 2 aromatic rings.